The number of fused-ring (bicyclic) bond motifs is 2. The van der Waals surface area contributed by atoms with E-state index in [4.69, 9.17) is 18.9 Å². The van der Waals surface area contributed by atoms with Gasteiger partial charge in [-0.3, -0.25) is 0 Å². The minimum absolute atomic E-state index is 0.277. The maximum absolute atomic E-state index is 12.3. The molecule has 2 saturated heterocycles. The van der Waals surface area contributed by atoms with Crippen LogP contribution in [0.1, 0.15) is 30.1 Å². The minimum atomic E-state index is -0.876. The van der Waals surface area contributed by atoms with Crippen molar-refractivity contribution in [2.24, 2.45) is 0 Å². The number of carbonyl (C=O) groups excluding carboxylic acids is 1. The Morgan fingerprint density at radius 3 is 2.83 bits per heavy atom. The molecule has 0 spiro atoms. The topological polar surface area (TPSA) is 74.2 Å². The monoisotopic (exact) mass is 322 g/mol. The average molecular weight is 322 g/mol. The number of hydrogen-bond donors (Lipinski definition) is 1. The molecule has 3 rings (SSSR count). The van der Waals surface area contributed by atoms with Gasteiger partial charge >= 0.3 is 5.97 Å². The third kappa shape index (κ3) is 3.55. The highest BCUT2D eigenvalue weighted by Crippen LogP contribution is 2.32. The molecule has 2 heterocycles. The van der Waals surface area contributed by atoms with Crippen molar-refractivity contribution in [3.8, 4) is 0 Å². The Balaban J connectivity index is 1.71. The number of esters is 1. The van der Waals surface area contributed by atoms with E-state index in [1.165, 1.54) is 0 Å². The van der Waals surface area contributed by atoms with E-state index in [0.29, 0.717) is 12.2 Å². The smallest absolute Gasteiger partial charge is 0.338 e. The fourth-order valence-electron chi connectivity index (χ4n) is 2.80. The highest BCUT2D eigenvalue weighted by molar-refractivity contribution is 5.89. The third-order valence-corrected chi connectivity index (χ3v) is 4.10. The van der Waals surface area contributed by atoms with Crippen molar-refractivity contribution in [1.82, 2.24) is 0 Å². The molecule has 1 aromatic carbocycles. The quantitative estimate of drug-likeness (QED) is 0.632. The summed E-state index contributed by atoms with van der Waals surface area (Å²) in [4.78, 5) is 12.3. The molecule has 0 aliphatic carbocycles. The summed E-state index contributed by atoms with van der Waals surface area (Å²) in [6, 6.07) is 8.70. The molecule has 126 valence electrons. The summed E-state index contributed by atoms with van der Waals surface area (Å²) in [7, 11) is 0. The van der Waals surface area contributed by atoms with Crippen LogP contribution in [-0.2, 0) is 18.9 Å². The number of aliphatic hydroxyl groups is 1. The molecule has 0 amide bonds. The molecule has 6 heteroatoms. The van der Waals surface area contributed by atoms with E-state index in [-0.39, 0.29) is 6.61 Å². The molecule has 23 heavy (non-hydrogen) atoms. The zero-order valence-electron chi connectivity index (χ0n) is 13.1. The summed E-state index contributed by atoms with van der Waals surface area (Å²) in [5, 5.41) is 10.4. The second-order valence-corrected chi connectivity index (χ2v) is 5.79. The molecule has 0 radical (unpaired) electrons. The van der Waals surface area contributed by atoms with E-state index in [9.17, 15) is 9.90 Å². The molecular weight excluding hydrogens is 300 g/mol. The third-order valence-electron chi connectivity index (χ3n) is 4.10. The highest BCUT2D eigenvalue weighted by Gasteiger charge is 2.52. The average Bonchev–Trinajstić information content (AvgIpc) is 3.02. The van der Waals surface area contributed by atoms with Crippen molar-refractivity contribution >= 4 is 5.97 Å². The lowest BCUT2D eigenvalue weighted by molar-refractivity contribution is -0.240. The van der Waals surface area contributed by atoms with Gasteiger partial charge in [-0.1, -0.05) is 31.5 Å². The molecule has 2 aliphatic rings. The van der Waals surface area contributed by atoms with E-state index in [2.05, 4.69) is 6.92 Å². The minimum Gasteiger partial charge on any atom is -0.450 e. The molecule has 2 aliphatic heterocycles. The molecular formula is C17H22O6. The van der Waals surface area contributed by atoms with Gasteiger partial charge in [0.15, 0.2) is 12.4 Å². The van der Waals surface area contributed by atoms with Gasteiger partial charge in [-0.15, -0.1) is 0 Å². The number of unbranched alkanes of at least 4 members (excludes halogenated alkanes) is 1. The second-order valence-electron chi connectivity index (χ2n) is 5.79. The number of benzene rings is 1. The van der Waals surface area contributed by atoms with Crippen LogP contribution in [0.3, 0.4) is 0 Å². The van der Waals surface area contributed by atoms with Gasteiger partial charge in [-0.25, -0.2) is 4.79 Å². The number of rotatable bonds is 6. The SMILES string of the molecule is CCCCO[C@H]1C(O)C2COC(O2)C1OC(=O)c1ccccc1. The van der Waals surface area contributed by atoms with Crippen molar-refractivity contribution in [2.75, 3.05) is 13.2 Å². The van der Waals surface area contributed by atoms with Crippen LogP contribution in [0.2, 0.25) is 0 Å². The first-order valence-electron chi connectivity index (χ1n) is 8.03. The van der Waals surface area contributed by atoms with E-state index in [1.807, 2.05) is 6.07 Å². The van der Waals surface area contributed by atoms with Crippen LogP contribution >= 0.6 is 0 Å². The number of aliphatic hydroxyl groups excluding tert-OH is 1. The molecule has 5 atom stereocenters. The summed E-state index contributed by atoms with van der Waals surface area (Å²) >= 11 is 0. The zero-order valence-corrected chi connectivity index (χ0v) is 13.1. The Bertz CT molecular complexity index is 519. The van der Waals surface area contributed by atoms with E-state index in [0.717, 1.165) is 12.8 Å². The first-order chi connectivity index (χ1) is 11.2. The summed E-state index contributed by atoms with van der Waals surface area (Å²) in [6.07, 6.45) is -1.56. The summed E-state index contributed by atoms with van der Waals surface area (Å²) < 4.78 is 22.4. The van der Waals surface area contributed by atoms with Gasteiger partial charge in [0.2, 0.25) is 0 Å². The lowest BCUT2D eigenvalue weighted by Gasteiger charge is -2.37. The van der Waals surface area contributed by atoms with Crippen LogP contribution in [0, 0.1) is 0 Å². The van der Waals surface area contributed by atoms with E-state index in [1.54, 1.807) is 24.3 Å². The molecule has 2 bridgehead atoms. The number of hydrogen-bond acceptors (Lipinski definition) is 6. The Hall–Kier alpha value is -1.47. The van der Waals surface area contributed by atoms with Crippen LogP contribution in [-0.4, -0.2) is 55.0 Å². The fourth-order valence-corrected chi connectivity index (χ4v) is 2.80. The summed E-state index contributed by atoms with van der Waals surface area (Å²) in [6.45, 7) is 2.83. The van der Waals surface area contributed by atoms with Gasteiger partial charge < -0.3 is 24.1 Å². The number of ether oxygens (including phenoxy) is 4. The highest BCUT2D eigenvalue weighted by atomic mass is 16.8. The normalized spacial score (nSPS) is 32.7. The predicted molar refractivity (Wildman–Crippen MR) is 80.9 cm³/mol. The largest absolute Gasteiger partial charge is 0.450 e. The van der Waals surface area contributed by atoms with Crippen molar-refractivity contribution < 1.29 is 28.8 Å². The van der Waals surface area contributed by atoms with Gasteiger partial charge in [0, 0.05) is 6.61 Å². The van der Waals surface area contributed by atoms with Crippen LogP contribution < -0.4 is 0 Å². The van der Waals surface area contributed by atoms with Crippen LogP contribution in [0.15, 0.2) is 30.3 Å². The lowest BCUT2D eigenvalue weighted by atomic mass is 10.0. The van der Waals surface area contributed by atoms with Gasteiger partial charge in [0.1, 0.15) is 18.3 Å². The molecule has 1 N–H and O–H groups in total. The lowest BCUT2D eigenvalue weighted by Crippen LogP contribution is -2.56. The van der Waals surface area contributed by atoms with Crippen LogP contribution in [0.4, 0.5) is 0 Å². The van der Waals surface area contributed by atoms with Gasteiger partial charge in [0.25, 0.3) is 0 Å². The van der Waals surface area contributed by atoms with Gasteiger partial charge in [-0.2, -0.15) is 0 Å². The molecule has 6 nitrogen and oxygen atoms in total. The summed E-state index contributed by atoms with van der Waals surface area (Å²) in [5.41, 5.74) is 0.439. The van der Waals surface area contributed by atoms with Crippen LogP contribution in [0.5, 0.6) is 0 Å². The maximum Gasteiger partial charge on any atom is 0.338 e. The first kappa shape index (κ1) is 16.4. The Morgan fingerprint density at radius 1 is 1.30 bits per heavy atom. The molecule has 0 aromatic heterocycles. The molecule has 0 saturated carbocycles. The number of carbonyl (C=O) groups is 1. The van der Waals surface area contributed by atoms with Gasteiger partial charge in [-0.05, 0) is 18.6 Å². The first-order valence-corrected chi connectivity index (χ1v) is 8.03. The van der Waals surface area contributed by atoms with Gasteiger partial charge in [0.05, 0.1) is 12.2 Å². The molecule has 2 fully saturated rings. The van der Waals surface area contributed by atoms with Crippen LogP contribution in [0.25, 0.3) is 0 Å². The predicted octanol–water partition coefficient (Wildman–Crippen LogP) is 1.51. The molecule has 1 aromatic rings. The zero-order chi connectivity index (χ0) is 16.2. The molecule has 4 unspecified atom stereocenters. The second kappa shape index (κ2) is 7.40. The Labute approximate surface area is 135 Å². The fraction of sp³-hybridized carbons (Fsp3) is 0.588. The Kier molecular flexibility index (Phi) is 5.27. The van der Waals surface area contributed by atoms with Crippen molar-refractivity contribution in [1.29, 1.82) is 0 Å². The summed E-state index contributed by atoms with van der Waals surface area (Å²) in [5.74, 6) is -0.482. The van der Waals surface area contributed by atoms with E-state index < -0.39 is 36.7 Å². The van der Waals surface area contributed by atoms with Crippen molar-refractivity contribution in [2.45, 2.75) is 50.5 Å². The van der Waals surface area contributed by atoms with Crippen molar-refractivity contribution in [3.05, 3.63) is 35.9 Å². The van der Waals surface area contributed by atoms with Crippen molar-refractivity contribution in [3.63, 3.8) is 0 Å². The standard InChI is InChI=1S/C17H22O6/c1-2-3-9-20-14-13(18)12-10-21-17(22-12)15(14)23-16(19)11-7-5-4-6-8-11/h4-8,12-15,17-18H,2-3,9-10H2,1H3/t12?,13?,14-,15?,17?/m0/s1. The maximum atomic E-state index is 12.3. The van der Waals surface area contributed by atoms with E-state index >= 15 is 0 Å². The Morgan fingerprint density at radius 2 is 2.09 bits per heavy atom.